The molecule has 0 unspecified atom stereocenters. The highest BCUT2D eigenvalue weighted by molar-refractivity contribution is 5.94. The van der Waals surface area contributed by atoms with Gasteiger partial charge in [-0.2, -0.15) is 18.3 Å². The Morgan fingerprint density at radius 3 is 2.65 bits per heavy atom. The number of nitrogens with two attached hydrogens (primary N) is 1. The zero-order valence-electron chi connectivity index (χ0n) is 16.3. The number of hydrogen-bond donors (Lipinski definition) is 1. The quantitative estimate of drug-likeness (QED) is 0.518. The molecule has 7 nitrogen and oxygen atoms in total. The van der Waals surface area contributed by atoms with Gasteiger partial charge in [0.1, 0.15) is 11.5 Å². The number of oxazole rings is 1. The summed E-state index contributed by atoms with van der Waals surface area (Å²) in [6.45, 7) is 0. The Labute approximate surface area is 174 Å². The molecule has 0 spiro atoms. The van der Waals surface area contributed by atoms with Crippen LogP contribution in [-0.4, -0.2) is 25.5 Å². The molecule has 1 aliphatic carbocycles. The first-order valence-corrected chi connectivity index (χ1v) is 9.56. The Morgan fingerprint density at radius 1 is 1.13 bits per heavy atom. The molecule has 0 aromatic carbocycles. The number of aryl methyl sites for hydroxylation is 2. The van der Waals surface area contributed by atoms with Crippen LogP contribution in [0.15, 0.2) is 53.3 Å². The van der Waals surface area contributed by atoms with Gasteiger partial charge in [0.25, 0.3) is 0 Å². The van der Waals surface area contributed by atoms with Crippen LogP contribution >= 0.6 is 0 Å². The topological polar surface area (TPSA) is 99.3 Å². The van der Waals surface area contributed by atoms with Crippen molar-refractivity contribution in [2.24, 2.45) is 5.73 Å². The summed E-state index contributed by atoms with van der Waals surface area (Å²) in [6, 6.07) is 7.82. The number of fused-ring (bicyclic) bond motifs is 2. The van der Waals surface area contributed by atoms with Gasteiger partial charge >= 0.3 is 6.18 Å². The molecule has 160 valence electrons. The number of amides is 1. The van der Waals surface area contributed by atoms with E-state index >= 15 is 0 Å². The number of carbonyl (C=O) groups is 1. The summed E-state index contributed by atoms with van der Waals surface area (Å²) < 4.78 is 45.0. The molecule has 31 heavy (non-hydrogen) atoms. The van der Waals surface area contributed by atoms with Gasteiger partial charge in [-0.3, -0.25) is 9.78 Å². The second kappa shape index (κ2) is 8.21. The van der Waals surface area contributed by atoms with Crippen LogP contribution in [0, 0.1) is 0 Å². The fourth-order valence-electron chi connectivity index (χ4n) is 3.27. The zero-order valence-corrected chi connectivity index (χ0v) is 16.3. The van der Waals surface area contributed by atoms with Gasteiger partial charge in [-0.1, -0.05) is 0 Å². The highest BCUT2D eigenvalue weighted by atomic mass is 19.4. The van der Waals surface area contributed by atoms with Crippen LogP contribution in [0.2, 0.25) is 0 Å². The lowest BCUT2D eigenvalue weighted by atomic mass is 10.0. The van der Waals surface area contributed by atoms with Crippen molar-refractivity contribution in [1.82, 2.24) is 19.6 Å². The van der Waals surface area contributed by atoms with Gasteiger partial charge in [0.05, 0.1) is 16.8 Å². The first kappa shape index (κ1) is 20.6. The van der Waals surface area contributed by atoms with Crippen LogP contribution in [0.4, 0.5) is 13.2 Å². The van der Waals surface area contributed by atoms with Crippen molar-refractivity contribution in [2.75, 3.05) is 0 Å². The Hall–Kier alpha value is -3.69. The summed E-state index contributed by atoms with van der Waals surface area (Å²) in [5.41, 5.74) is 6.70. The second-order valence-electron chi connectivity index (χ2n) is 7.01. The van der Waals surface area contributed by atoms with E-state index in [9.17, 15) is 18.0 Å². The van der Waals surface area contributed by atoms with E-state index in [2.05, 4.69) is 15.1 Å². The molecule has 0 aliphatic heterocycles. The molecule has 0 saturated carbocycles. The van der Waals surface area contributed by atoms with E-state index in [0.29, 0.717) is 11.1 Å². The molecule has 0 saturated heterocycles. The Balaban J connectivity index is 0.000000166. The predicted molar refractivity (Wildman–Crippen MR) is 105 cm³/mol. The van der Waals surface area contributed by atoms with Gasteiger partial charge in [-0.05, 0) is 49.6 Å². The van der Waals surface area contributed by atoms with E-state index in [1.54, 1.807) is 29.0 Å². The lowest BCUT2D eigenvalue weighted by molar-refractivity contribution is -0.141. The number of alkyl halides is 3. The number of carbonyl (C=O) groups excluding carboxylic acids is 1. The molecule has 2 N–H and O–H groups in total. The van der Waals surface area contributed by atoms with Crippen LogP contribution in [0.25, 0.3) is 17.0 Å². The summed E-state index contributed by atoms with van der Waals surface area (Å²) in [5.74, 6) is 0.618. The normalized spacial score (nSPS) is 13.4. The molecule has 0 atom stereocenters. The van der Waals surface area contributed by atoms with E-state index in [1.165, 1.54) is 6.07 Å². The second-order valence-corrected chi connectivity index (χ2v) is 7.01. The van der Waals surface area contributed by atoms with Crippen molar-refractivity contribution in [1.29, 1.82) is 0 Å². The van der Waals surface area contributed by atoms with Crippen LogP contribution in [0.5, 0.6) is 0 Å². The van der Waals surface area contributed by atoms with Crippen LogP contribution in [0.3, 0.4) is 0 Å². The number of halogens is 3. The SMILES string of the molecule is FC(F)(F)c1cc(-c2nc3c(o2)CCCC3)ccn1.NC(=O)c1cc2cccnn2c1. The lowest BCUT2D eigenvalue weighted by Crippen LogP contribution is -2.09. The smallest absolute Gasteiger partial charge is 0.433 e. The fraction of sp³-hybridized carbons (Fsp3) is 0.238. The van der Waals surface area contributed by atoms with Gasteiger partial charge in [-0.15, -0.1) is 0 Å². The van der Waals surface area contributed by atoms with Gasteiger partial charge in [-0.25, -0.2) is 9.50 Å². The molecule has 4 heterocycles. The van der Waals surface area contributed by atoms with E-state index in [4.69, 9.17) is 10.2 Å². The third-order valence-electron chi connectivity index (χ3n) is 4.80. The number of rotatable bonds is 2. The van der Waals surface area contributed by atoms with Crippen molar-refractivity contribution < 1.29 is 22.4 Å². The molecule has 4 aromatic rings. The molecule has 1 aliphatic rings. The minimum Gasteiger partial charge on any atom is -0.441 e. The van der Waals surface area contributed by atoms with Crippen LogP contribution in [0.1, 0.15) is 40.3 Å². The average molecular weight is 429 g/mol. The summed E-state index contributed by atoms with van der Waals surface area (Å²) >= 11 is 0. The van der Waals surface area contributed by atoms with Gasteiger partial charge in [0.2, 0.25) is 11.8 Å². The van der Waals surface area contributed by atoms with Gasteiger partial charge in [0, 0.05) is 30.6 Å². The maximum atomic E-state index is 12.6. The number of nitrogens with zero attached hydrogens (tertiary/aromatic N) is 4. The standard InChI is InChI=1S/C13H11F3N2O.C8H7N3O/c14-13(15,16)11-7-8(5-6-17-11)12-18-9-3-1-2-4-10(9)19-12;9-8(12)6-4-7-2-1-3-10-11(7)5-6/h5-7H,1-4H2;1-5H,(H2,9,12). The van der Waals surface area contributed by atoms with Crippen LogP contribution < -0.4 is 5.73 Å². The zero-order chi connectivity index (χ0) is 22.0. The first-order chi connectivity index (χ1) is 14.8. The minimum atomic E-state index is -4.46. The summed E-state index contributed by atoms with van der Waals surface area (Å²) in [6.07, 6.45) is 3.64. The van der Waals surface area contributed by atoms with Crippen molar-refractivity contribution in [3.63, 3.8) is 0 Å². The Bertz CT molecular complexity index is 1170. The summed E-state index contributed by atoms with van der Waals surface area (Å²) in [4.78, 5) is 18.4. The van der Waals surface area contributed by atoms with Crippen LogP contribution in [-0.2, 0) is 19.0 Å². The highest BCUT2D eigenvalue weighted by Crippen LogP contribution is 2.32. The number of hydrogen-bond acceptors (Lipinski definition) is 5. The summed E-state index contributed by atoms with van der Waals surface area (Å²) in [5, 5.41) is 3.99. The monoisotopic (exact) mass is 429 g/mol. The highest BCUT2D eigenvalue weighted by Gasteiger charge is 2.33. The Kier molecular flexibility index (Phi) is 5.45. The van der Waals surface area contributed by atoms with Crippen molar-refractivity contribution in [2.45, 2.75) is 31.9 Å². The third-order valence-corrected chi connectivity index (χ3v) is 4.80. The molecular formula is C21H18F3N5O2. The predicted octanol–water partition coefficient (Wildman–Crippen LogP) is 4.07. The number of pyridine rings is 1. The van der Waals surface area contributed by atoms with E-state index in [0.717, 1.165) is 54.9 Å². The van der Waals surface area contributed by atoms with Gasteiger partial charge < -0.3 is 10.2 Å². The Morgan fingerprint density at radius 2 is 1.94 bits per heavy atom. The number of primary amides is 1. The van der Waals surface area contributed by atoms with E-state index < -0.39 is 17.8 Å². The molecule has 5 rings (SSSR count). The van der Waals surface area contributed by atoms with Gasteiger partial charge in [0.15, 0.2) is 0 Å². The fourth-order valence-corrected chi connectivity index (χ4v) is 3.27. The number of aromatic nitrogens is 4. The minimum absolute atomic E-state index is 0.250. The maximum Gasteiger partial charge on any atom is 0.433 e. The van der Waals surface area contributed by atoms with Crippen molar-refractivity contribution >= 4 is 11.4 Å². The average Bonchev–Trinajstić information content (AvgIpc) is 3.38. The lowest BCUT2D eigenvalue weighted by Gasteiger charge is -2.05. The molecule has 4 aromatic heterocycles. The van der Waals surface area contributed by atoms with Crippen molar-refractivity contribution in [3.05, 3.63) is 71.6 Å². The van der Waals surface area contributed by atoms with Crippen molar-refractivity contribution in [3.8, 4) is 11.5 Å². The molecule has 0 bridgehead atoms. The first-order valence-electron chi connectivity index (χ1n) is 9.56. The molecule has 0 fully saturated rings. The van der Waals surface area contributed by atoms with E-state index in [-0.39, 0.29) is 5.89 Å². The molecule has 0 radical (unpaired) electrons. The molecular weight excluding hydrogens is 411 g/mol. The van der Waals surface area contributed by atoms with E-state index in [1.807, 2.05) is 6.07 Å². The maximum absolute atomic E-state index is 12.6. The molecule has 1 amide bonds. The summed E-state index contributed by atoms with van der Waals surface area (Å²) in [7, 11) is 0. The molecule has 10 heteroatoms. The third kappa shape index (κ3) is 4.57. The largest absolute Gasteiger partial charge is 0.441 e.